The van der Waals surface area contributed by atoms with Crippen LogP contribution in [0.15, 0.2) is 84.9 Å². The van der Waals surface area contributed by atoms with E-state index in [4.69, 9.17) is 0 Å². The van der Waals surface area contributed by atoms with Gasteiger partial charge in [-0.1, -0.05) is 6.92 Å². The summed E-state index contributed by atoms with van der Waals surface area (Å²) in [6.07, 6.45) is 0. The molecule has 0 unspecified atom stereocenters. The first-order valence-corrected chi connectivity index (χ1v) is 6.15. The molecule has 0 saturated carbocycles. The Kier molecular flexibility index (Phi) is 12.4. The molecule has 0 aromatic heterocycles. The maximum atomic E-state index is 3.03. The van der Waals surface area contributed by atoms with Gasteiger partial charge in [-0.2, -0.15) is 109 Å². The molecular weight excluding hydrogens is 284 g/mol. The summed E-state index contributed by atoms with van der Waals surface area (Å²) in [5.41, 5.74) is 1.20. The zero-order valence-electron chi connectivity index (χ0n) is 11.4. The predicted octanol–water partition coefficient (Wildman–Crippen LogP) is 4.77. The van der Waals surface area contributed by atoms with Crippen LogP contribution in [-0.2, 0) is 17.1 Å². The Morgan fingerprint density at radius 3 is 1.20 bits per heavy atom. The third-order valence-corrected chi connectivity index (χ3v) is 2.08. The van der Waals surface area contributed by atoms with Gasteiger partial charge < -0.3 is 0 Å². The number of hydrogen-bond acceptors (Lipinski definition) is 0. The SMILES string of the molecule is Cc1[c-]cccc1.[Fe+3].[c-]1ccccc1.[c-]1ccccc1. The molecule has 0 bridgehead atoms. The van der Waals surface area contributed by atoms with Crippen molar-refractivity contribution in [2.45, 2.75) is 6.92 Å². The number of rotatable bonds is 0. The maximum Gasteiger partial charge on any atom is 3.00 e. The minimum Gasteiger partial charge on any atom is -0.184 e. The van der Waals surface area contributed by atoms with Crippen LogP contribution in [0.25, 0.3) is 0 Å². The van der Waals surface area contributed by atoms with Gasteiger partial charge in [0.15, 0.2) is 0 Å². The molecule has 0 fully saturated rings. The van der Waals surface area contributed by atoms with Gasteiger partial charge in [0, 0.05) is 0 Å². The van der Waals surface area contributed by atoms with E-state index in [1.807, 2.05) is 91.9 Å². The van der Waals surface area contributed by atoms with Gasteiger partial charge in [0.2, 0.25) is 0 Å². The number of benzene rings is 3. The molecule has 0 heterocycles. The molecule has 3 rings (SSSR count). The maximum absolute atomic E-state index is 3.03. The fourth-order valence-corrected chi connectivity index (χ4v) is 1.17. The van der Waals surface area contributed by atoms with E-state index in [1.54, 1.807) is 0 Å². The Balaban J connectivity index is 0.000000265. The summed E-state index contributed by atoms with van der Waals surface area (Å²) in [6.45, 7) is 2.03. The van der Waals surface area contributed by atoms with E-state index in [1.165, 1.54) is 5.56 Å². The molecule has 3 aromatic rings. The van der Waals surface area contributed by atoms with Crippen LogP contribution in [0, 0.1) is 25.1 Å². The zero-order chi connectivity index (χ0) is 13.6. The van der Waals surface area contributed by atoms with Crippen molar-refractivity contribution in [3.05, 3.63) is 109 Å². The van der Waals surface area contributed by atoms with Crippen molar-refractivity contribution in [3.63, 3.8) is 0 Å². The van der Waals surface area contributed by atoms with E-state index in [2.05, 4.69) is 18.2 Å². The smallest absolute Gasteiger partial charge is 0.184 e. The van der Waals surface area contributed by atoms with Crippen LogP contribution >= 0.6 is 0 Å². The fraction of sp³-hybridized carbons (Fsp3) is 0.0526. The second-order valence-corrected chi connectivity index (χ2v) is 3.70. The normalized spacial score (nSPS) is 7.85. The second kappa shape index (κ2) is 13.6. The Labute approximate surface area is 133 Å². The summed E-state index contributed by atoms with van der Waals surface area (Å²) in [7, 11) is 0. The molecule has 101 valence electrons. The Bertz CT molecular complexity index is 407. The monoisotopic (exact) mass is 301 g/mol. The molecule has 0 atom stereocenters. The van der Waals surface area contributed by atoms with E-state index in [0.29, 0.717) is 0 Å². The van der Waals surface area contributed by atoms with Gasteiger partial charge in [0.1, 0.15) is 0 Å². The molecule has 0 saturated heterocycles. The van der Waals surface area contributed by atoms with Crippen LogP contribution in [0.4, 0.5) is 0 Å². The molecule has 3 aromatic carbocycles. The molecule has 0 N–H and O–H groups in total. The first-order chi connectivity index (χ1) is 9.39. The first kappa shape index (κ1) is 18.2. The van der Waals surface area contributed by atoms with Crippen LogP contribution < -0.4 is 0 Å². The Morgan fingerprint density at radius 1 is 0.600 bits per heavy atom. The van der Waals surface area contributed by atoms with E-state index in [9.17, 15) is 0 Å². The quantitative estimate of drug-likeness (QED) is 0.414. The Hall–Kier alpha value is -1.82. The third kappa shape index (κ3) is 11.3. The van der Waals surface area contributed by atoms with Crippen molar-refractivity contribution < 1.29 is 17.1 Å². The van der Waals surface area contributed by atoms with Crippen molar-refractivity contribution in [3.8, 4) is 0 Å². The van der Waals surface area contributed by atoms with E-state index >= 15 is 0 Å². The van der Waals surface area contributed by atoms with Crippen molar-refractivity contribution in [2.75, 3.05) is 0 Å². The van der Waals surface area contributed by atoms with Gasteiger partial charge in [-0.15, -0.1) is 0 Å². The van der Waals surface area contributed by atoms with Gasteiger partial charge in [0.25, 0.3) is 0 Å². The summed E-state index contributed by atoms with van der Waals surface area (Å²) < 4.78 is 0. The number of aryl methyl sites for hydroxylation is 1. The van der Waals surface area contributed by atoms with Gasteiger partial charge in [-0.3, -0.25) is 0 Å². The van der Waals surface area contributed by atoms with E-state index in [-0.39, 0.29) is 17.1 Å². The van der Waals surface area contributed by atoms with Gasteiger partial charge in [0.05, 0.1) is 0 Å². The van der Waals surface area contributed by atoms with Crippen molar-refractivity contribution in [1.82, 2.24) is 0 Å². The molecule has 1 heteroatoms. The van der Waals surface area contributed by atoms with Crippen LogP contribution in [0.1, 0.15) is 5.56 Å². The topological polar surface area (TPSA) is 0 Å². The largest absolute Gasteiger partial charge is 3.00 e. The van der Waals surface area contributed by atoms with E-state index in [0.717, 1.165) is 0 Å². The van der Waals surface area contributed by atoms with Gasteiger partial charge >= 0.3 is 17.1 Å². The van der Waals surface area contributed by atoms with Crippen LogP contribution in [0.5, 0.6) is 0 Å². The van der Waals surface area contributed by atoms with Crippen LogP contribution in [-0.4, -0.2) is 0 Å². The molecule has 0 nitrogen and oxygen atoms in total. The average molecular weight is 301 g/mol. The average Bonchev–Trinajstić information content (AvgIpc) is 2.53. The standard InChI is InChI=1S/C7H7.2C6H5.Fe/c1-7-5-3-2-4-6-7;2*1-2-4-6-5-3-1;/h2-5H,1H3;2*1-5H;/q3*-1;+3. The zero-order valence-corrected chi connectivity index (χ0v) is 12.5. The molecule has 1 radical (unpaired) electrons. The van der Waals surface area contributed by atoms with E-state index < -0.39 is 0 Å². The molecule has 0 spiro atoms. The fourth-order valence-electron chi connectivity index (χ4n) is 1.17. The summed E-state index contributed by atoms with van der Waals surface area (Å²) in [5.74, 6) is 0. The molecule has 0 aliphatic carbocycles. The minimum absolute atomic E-state index is 0. The molecular formula is C19H17Fe. The van der Waals surface area contributed by atoms with Crippen LogP contribution in [0.2, 0.25) is 0 Å². The van der Waals surface area contributed by atoms with Gasteiger partial charge in [-0.25, -0.2) is 0 Å². The predicted molar refractivity (Wildman–Crippen MR) is 80.6 cm³/mol. The Morgan fingerprint density at radius 2 is 1.05 bits per heavy atom. The molecule has 0 aliphatic rings. The summed E-state index contributed by atoms with van der Waals surface area (Å²) in [4.78, 5) is 0. The second-order valence-electron chi connectivity index (χ2n) is 3.70. The first-order valence-electron chi connectivity index (χ1n) is 6.15. The number of hydrogen-bond donors (Lipinski definition) is 0. The minimum atomic E-state index is 0. The summed E-state index contributed by atoms with van der Waals surface area (Å²) >= 11 is 0. The van der Waals surface area contributed by atoms with Crippen molar-refractivity contribution >= 4 is 0 Å². The van der Waals surface area contributed by atoms with Crippen LogP contribution in [0.3, 0.4) is 0 Å². The molecule has 0 amide bonds. The summed E-state index contributed by atoms with van der Waals surface area (Å²) in [5, 5.41) is 0. The third-order valence-electron chi connectivity index (χ3n) is 2.08. The van der Waals surface area contributed by atoms with Crippen molar-refractivity contribution in [2.24, 2.45) is 0 Å². The summed E-state index contributed by atoms with van der Waals surface area (Å²) in [6, 6.07) is 35.9. The van der Waals surface area contributed by atoms with Gasteiger partial charge in [-0.05, 0) is 0 Å². The van der Waals surface area contributed by atoms with Crippen molar-refractivity contribution in [1.29, 1.82) is 0 Å². The molecule has 0 aliphatic heterocycles. The molecule has 20 heavy (non-hydrogen) atoms.